The van der Waals surface area contributed by atoms with Gasteiger partial charge in [-0.15, -0.1) is 0 Å². The van der Waals surface area contributed by atoms with Crippen LogP contribution < -0.4 is 10.2 Å². The van der Waals surface area contributed by atoms with Crippen LogP contribution in [0.5, 0.6) is 0 Å². The highest BCUT2D eigenvalue weighted by atomic mass is 32.2. The molecule has 0 bridgehead atoms. The van der Waals surface area contributed by atoms with Crippen LogP contribution in [0.1, 0.15) is 36.0 Å². The fourth-order valence-corrected chi connectivity index (χ4v) is 4.02. The second-order valence-electron chi connectivity index (χ2n) is 8.28. The third-order valence-corrected chi connectivity index (χ3v) is 6.04. The zero-order valence-corrected chi connectivity index (χ0v) is 20.4. The van der Waals surface area contributed by atoms with E-state index in [-0.39, 0.29) is 18.9 Å². The van der Waals surface area contributed by atoms with Gasteiger partial charge in [0.25, 0.3) is 5.91 Å². The number of benzene rings is 1. The van der Waals surface area contributed by atoms with E-state index in [0.29, 0.717) is 46.8 Å². The van der Waals surface area contributed by atoms with E-state index in [1.807, 2.05) is 25.3 Å². The van der Waals surface area contributed by atoms with Gasteiger partial charge in [0.05, 0.1) is 6.04 Å². The summed E-state index contributed by atoms with van der Waals surface area (Å²) in [7, 11) is 3.67. The van der Waals surface area contributed by atoms with Gasteiger partial charge in [-0.25, -0.2) is 23.5 Å². The Kier molecular flexibility index (Phi) is 8.59. The van der Waals surface area contributed by atoms with Crippen molar-refractivity contribution in [2.75, 3.05) is 30.6 Å². The number of hydrogen-bond donors (Lipinski definition) is 1. The lowest BCUT2D eigenvalue weighted by Crippen LogP contribution is -2.47. The van der Waals surface area contributed by atoms with E-state index in [1.54, 1.807) is 6.07 Å². The van der Waals surface area contributed by atoms with Gasteiger partial charge in [0.2, 0.25) is 0 Å². The molecule has 0 radical (unpaired) electrons. The molecule has 1 fully saturated rings. The molecule has 196 valence electrons. The fraction of sp³-hybridized carbons (Fsp3) is 0.455. The molecule has 8 nitrogen and oxygen atoms in total. The summed E-state index contributed by atoms with van der Waals surface area (Å²) in [5.41, 5.74) is -0.453. The highest BCUT2D eigenvalue weighted by Crippen LogP contribution is 2.29. The molecule has 14 heteroatoms. The number of amides is 1. The zero-order chi connectivity index (χ0) is 26.6. The molecule has 2 aromatic rings. The maximum Gasteiger partial charge on any atom is 0.493 e. The zero-order valence-electron chi connectivity index (χ0n) is 19.6. The van der Waals surface area contributed by atoms with Crippen molar-refractivity contribution in [1.82, 2.24) is 15.0 Å². The van der Waals surface area contributed by atoms with Gasteiger partial charge in [-0.05, 0) is 50.1 Å². The number of alkyl halides is 3. The van der Waals surface area contributed by atoms with E-state index < -0.39 is 41.3 Å². The average molecular weight is 534 g/mol. The number of anilines is 2. The molecule has 1 amide bonds. The van der Waals surface area contributed by atoms with Crippen LogP contribution in [0.15, 0.2) is 29.4 Å². The Morgan fingerprint density at radius 1 is 1.06 bits per heavy atom. The fourth-order valence-electron chi connectivity index (χ4n) is 3.65. The van der Waals surface area contributed by atoms with Gasteiger partial charge < -0.3 is 15.1 Å². The van der Waals surface area contributed by atoms with Gasteiger partial charge in [0.15, 0.2) is 16.8 Å². The molecule has 1 heterocycles. The molecular weight excluding hydrogens is 509 g/mol. The van der Waals surface area contributed by atoms with Crippen molar-refractivity contribution in [3.63, 3.8) is 0 Å². The minimum absolute atomic E-state index is 0.126. The first kappa shape index (κ1) is 27.4. The molecule has 0 atom stereocenters. The van der Waals surface area contributed by atoms with E-state index in [1.165, 1.54) is 11.8 Å². The minimum atomic E-state index is -5.35. The summed E-state index contributed by atoms with van der Waals surface area (Å²) in [6.45, 7) is 0. The Bertz CT molecular complexity index is 1110. The van der Waals surface area contributed by atoms with Gasteiger partial charge >= 0.3 is 12.1 Å². The number of nitrogens with zero attached hydrogens (tertiary/aromatic N) is 4. The van der Waals surface area contributed by atoms with E-state index in [2.05, 4.69) is 20.1 Å². The number of thioether (sulfide) groups is 1. The van der Waals surface area contributed by atoms with Gasteiger partial charge in [0, 0.05) is 31.8 Å². The third-order valence-electron chi connectivity index (χ3n) is 5.49. The molecule has 0 saturated heterocycles. The predicted octanol–water partition coefficient (Wildman–Crippen LogP) is 4.43. The Morgan fingerprint density at radius 2 is 1.72 bits per heavy atom. The van der Waals surface area contributed by atoms with Crippen LogP contribution in [0.3, 0.4) is 0 Å². The Morgan fingerprint density at radius 3 is 2.28 bits per heavy atom. The SMILES string of the molecule is CSc1nc(NC2CCC(N(OC(=O)C(F)(F)F)C(=O)c3ccc(F)c(F)c3)CC2)cc(N(C)C)n1. The van der Waals surface area contributed by atoms with Crippen molar-refractivity contribution in [2.24, 2.45) is 0 Å². The summed E-state index contributed by atoms with van der Waals surface area (Å²) < 4.78 is 65.5. The number of halogens is 5. The quantitative estimate of drug-likeness (QED) is 0.253. The highest BCUT2D eigenvalue weighted by molar-refractivity contribution is 7.98. The lowest BCUT2D eigenvalue weighted by atomic mass is 9.90. The topological polar surface area (TPSA) is 87.7 Å². The van der Waals surface area contributed by atoms with Gasteiger partial charge in [-0.1, -0.05) is 11.8 Å². The van der Waals surface area contributed by atoms with Crippen molar-refractivity contribution in [3.05, 3.63) is 41.5 Å². The van der Waals surface area contributed by atoms with Crippen LogP contribution in [-0.4, -0.2) is 65.5 Å². The molecule has 1 aliphatic carbocycles. The Balaban J connectivity index is 1.75. The largest absolute Gasteiger partial charge is 0.493 e. The number of carbonyl (C=O) groups excluding carboxylic acids is 2. The average Bonchev–Trinajstić information content (AvgIpc) is 2.83. The van der Waals surface area contributed by atoms with E-state index >= 15 is 0 Å². The minimum Gasteiger partial charge on any atom is -0.367 e. The van der Waals surface area contributed by atoms with Crippen molar-refractivity contribution in [1.29, 1.82) is 0 Å². The molecule has 1 aromatic carbocycles. The van der Waals surface area contributed by atoms with Crippen LogP contribution in [0.2, 0.25) is 0 Å². The summed E-state index contributed by atoms with van der Waals surface area (Å²) in [4.78, 5) is 39.4. The van der Waals surface area contributed by atoms with E-state index in [9.17, 15) is 31.5 Å². The lowest BCUT2D eigenvalue weighted by Gasteiger charge is -2.35. The normalized spacial score (nSPS) is 17.9. The number of rotatable bonds is 6. The lowest BCUT2D eigenvalue weighted by molar-refractivity contribution is -0.235. The highest BCUT2D eigenvalue weighted by Gasteiger charge is 2.45. The Hall–Kier alpha value is -3.16. The van der Waals surface area contributed by atoms with Crippen LogP contribution in [0.4, 0.5) is 33.6 Å². The predicted molar refractivity (Wildman–Crippen MR) is 122 cm³/mol. The van der Waals surface area contributed by atoms with Gasteiger partial charge in [0.1, 0.15) is 11.6 Å². The van der Waals surface area contributed by atoms with Crippen molar-refractivity contribution < 1.29 is 36.4 Å². The maximum absolute atomic E-state index is 13.6. The molecule has 0 aliphatic heterocycles. The molecule has 1 aromatic heterocycles. The van der Waals surface area contributed by atoms with E-state index in [4.69, 9.17) is 0 Å². The third kappa shape index (κ3) is 6.74. The summed E-state index contributed by atoms with van der Waals surface area (Å²) in [6.07, 6.45) is -2.34. The van der Waals surface area contributed by atoms with Gasteiger partial charge in [-0.3, -0.25) is 4.79 Å². The molecule has 1 aliphatic rings. The first-order chi connectivity index (χ1) is 16.9. The number of aromatic nitrogens is 2. The number of hydrogen-bond acceptors (Lipinski definition) is 8. The van der Waals surface area contributed by atoms with Crippen molar-refractivity contribution in [2.45, 2.75) is 49.1 Å². The molecule has 3 rings (SSSR count). The van der Waals surface area contributed by atoms with Gasteiger partial charge in [-0.2, -0.15) is 18.2 Å². The number of hydroxylamine groups is 2. The first-order valence-corrected chi connectivity index (χ1v) is 12.1. The molecule has 1 N–H and O–H groups in total. The molecule has 1 saturated carbocycles. The van der Waals surface area contributed by atoms with Crippen LogP contribution in [0, 0.1) is 11.6 Å². The summed E-state index contributed by atoms with van der Waals surface area (Å²) in [5, 5.41) is 4.15. The monoisotopic (exact) mass is 533 g/mol. The second kappa shape index (κ2) is 11.3. The number of carbonyl (C=O) groups is 2. The molecule has 36 heavy (non-hydrogen) atoms. The van der Waals surface area contributed by atoms with Crippen LogP contribution >= 0.6 is 11.8 Å². The maximum atomic E-state index is 13.6. The second-order valence-corrected chi connectivity index (χ2v) is 9.05. The number of nitrogens with one attached hydrogen (secondary N) is 1. The smallest absolute Gasteiger partial charge is 0.367 e. The van der Waals surface area contributed by atoms with Crippen molar-refractivity contribution >= 4 is 35.3 Å². The summed E-state index contributed by atoms with van der Waals surface area (Å²) >= 11 is 1.37. The van der Waals surface area contributed by atoms with Crippen LogP contribution in [0.25, 0.3) is 0 Å². The molecule has 0 unspecified atom stereocenters. The van der Waals surface area contributed by atoms with E-state index in [0.717, 1.165) is 6.07 Å². The summed E-state index contributed by atoms with van der Waals surface area (Å²) in [6, 6.07) is 2.84. The van der Waals surface area contributed by atoms with Crippen LogP contribution in [-0.2, 0) is 9.63 Å². The first-order valence-electron chi connectivity index (χ1n) is 10.8. The van der Waals surface area contributed by atoms with Crippen molar-refractivity contribution in [3.8, 4) is 0 Å². The summed E-state index contributed by atoms with van der Waals surface area (Å²) in [5.74, 6) is -5.10. The Labute approximate surface area is 208 Å². The molecule has 0 spiro atoms. The standard InChI is InChI=1S/C22H24F5N5O3S/c1-31(2)18-11-17(29-21(30-18)36-3)28-13-5-7-14(8-6-13)32(35-20(34)22(25,26)27)19(33)12-4-9-15(23)16(24)10-12/h4,9-11,13-14H,5-8H2,1-3H3,(H,28,29,30). The molecular formula is C22H24F5N5O3S.